The summed E-state index contributed by atoms with van der Waals surface area (Å²) >= 11 is 0. The van der Waals surface area contributed by atoms with Gasteiger partial charge in [-0.1, -0.05) is 31.8 Å². The van der Waals surface area contributed by atoms with E-state index >= 15 is 0 Å². The molecule has 0 bridgehead atoms. The van der Waals surface area contributed by atoms with Crippen molar-refractivity contribution in [3.63, 3.8) is 0 Å². The summed E-state index contributed by atoms with van der Waals surface area (Å²) in [6.07, 6.45) is 3.76. The van der Waals surface area contributed by atoms with Crippen LogP contribution < -0.4 is 0 Å². The summed E-state index contributed by atoms with van der Waals surface area (Å²) in [5.74, 6) is 1.77. The average molecular weight is 323 g/mol. The highest BCUT2D eigenvalue weighted by atomic mass is 16.5. The van der Waals surface area contributed by atoms with E-state index in [1.807, 2.05) is 13.8 Å². The van der Waals surface area contributed by atoms with Crippen LogP contribution in [0.15, 0.2) is 15.1 Å². The Hall–Kier alpha value is -1.75. The minimum absolute atomic E-state index is 0.0577. The van der Waals surface area contributed by atoms with Gasteiger partial charge < -0.3 is 9.47 Å². The van der Waals surface area contributed by atoms with Gasteiger partial charge in [-0.3, -0.25) is 0 Å². The highest BCUT2D eigenvalue weighted by Gasteiger charge is 2.31. The maximum absolute atomic E-state index is 8.26. The van der Waals surface area contributed by atoms with Gasteiger partial charge in [-0.05, 0) is 38.1 Å². The number of rotatable bonds is 9. The fourth-order valence-electron chi connectivity index (χ4n) is 2.48. The van der Waals surface area contributed by atoms with Crippen LogP contribution in [-0.2, 0) is 9.47 Å². The van der Waals surface area contributed by atoms with Crippen LogP contribution in [0.5, 0.6) is 0 Å². The Kier molecular flexibility index (Phi) is 9.14. The molecular weight excluding hydrogens is 294 g/mol. The first-order chi connectivity index (χ1) is 11.1. The number of hydrogen-bond donors (Lipinski definition) is 0. The van der Waals surface area contributed by atoms with Crippen LogP contribution in [0.25, 0.3) is 10.4 Å². The zero-order valence-electron chi connectivity index (χ0n) is 14.7. The fourth-order valence-corrected chi connectivity index (χ4v) is 2.48. The maximum Gasteiger partial charge on any atom is 0.210 e. The summed E-state index contributed by atoms with van der Waals surface area (Å²) in [6.45, 7) is 9.90. The molecule has 0 radical (unpaired) electrons. The van der Waals surface area contributed by atoms with Crippen molar-refractivity contribution in [3.05, 3.63) is 10.4 Å². The van der Waals surface area contributed by atoms with Gasteiger partial charge in [0.05, 0.1) is 13.2 Å². The molecule has 0 amide bonds. The quantitative estimate of drug-likeness (QED) is 0.276. The van der Waals surface area contributed by atoms with E-state index in [4.69, 9.17) is 25.0 Å². The van der Waals surface area contributed by atoms with Gasteiger partial charge in [-0.2, -0.15) is 0 Å². The number of hydrogen-bond acceptors (Lipinski definition) is 5. The van der Waals surface area contributed by atoms with E-state index in [1.54, 1.807) is 0 Å². The van der Waals surface area contributed by atoms with Crippen molar-refractivity contribution in [3.8, 4) is 0 Å². The fraction of sp³-hybridized carbons (Fsp3) is 0.875. The Bertz CT molecular complexity index is 455. The van der Waals surface area contributed by atoms with Crippen LogP contribution in [0.2, 0.25) is 0 Å². The first-order valence-electron chi connectivity index (χ1n) is 8.55. The summed E-state index contributed by atoms with van der Waals surface area (Å²) in [5, 5.41) is 3.55. The molecule has 1 rings (SSSR count). The molecular formula is C16H29N5O2. The van der Waals surface area contributed by atoms with Crippen LogP contribution in [0, 0.1) is 5.92 Å². The van der Waals surface area contributed by atoms with E-state index in [9.17, 15) is 0 Å². The lowest BCUT2D eigenvalue weighted by atomic mass is 10.0. The summed E-state index contributed by atoms with van der Waals surface area (Å²) < 4.78 is 11.4. The Morgan fingerprint density at radius 3 is 2.39 bits per heavy atom. The molecule has 0 aromatic heterocycles. The molecule has 0 spiro atoms. The molecule has 0 aromatic rings. The predicted octanol–water partition coefficient (Wildman–Crippen LogP) is 4.13. The highest BCUT2D eigenvalue weighted by Crippen LogP contribution is 2.21. The molecule has 0 fully saturated rings. The van der Waals surface area contributed by atoms with E-state index in [1.165, 1.54) is 0 Å². The first kappa shape index (κ1) is 19.3. The van der Waals surface area contributed by atoms with Crippen molar-refractivity contribution >= 4 is 11.8 Å². The van der Waals surface area contributed by atoms with Gasteiger partial charge >= 0.3 is 0 Å². The van der Waals surface area contributed by atoms with Gasteiger partial charge in [-0.15, -0.1) is 0 Å². The van der Waals surface area contributed by atoms with Crippen LogP contribution in [0.1, 0.15) is 53.4 Å². The summed E-state index contributed by atoms with van der Waals surface area (Å²) in [7, 11) is 0. The van der Waals surface area contributed by atoms with Crippen LogP contribution in [0.4, 0.5) is 0 Å². The number of azide groups is 1. The zero-order valence-corrected chi connectivity index (χ0v) is 14.7. The third-order valence-corrected chi connectivity index (χ3v) is 3.60. The maximum atomic E-state index is 8.26. The predicted molar refractivity (Wildman–Crippen MR) is 93.0 cm³/mol. The second-order valence-corrected chi connectivity index (χ2v) is 5.81. The molecule has 7 heteroatoms. The van der Waals surface area contributed by atoms with Gasteiger partial charge in [0.1, 0.15) is 12.1 Å². The minimum atomic E-state index is -0.0639. The Balaban J connectivity index is 2.68. The molecule has 1 aliphatic rings. The number of aliphatic imine (C=N–C) groups is 2. The van der Waals surface area contributed by atoms with Gasteiger partial charge in [0.2, 0.25) is 11.8 Å². The van der Waals surface area contributed by atoms with Crippen molar-refractivity contribution in [2.24, 2.45) is 21.0 Å². The second kappa shape index (κ2) is 10.9. The summed E-state index contributed by atoms with van der Waals surface area (Å²) in [6, 6.07) is -0.122. The van der Waals surface area contributed by atoms with Crippen molar-refractivity contribution in [1.82, 2.24) is 0 Å². The van der Waals surface area contributed by atoms with Gasteiger partial charge in [0, 0.05) is 11.5 Å². The topological polar surface area (TPSA) is 91.9 Å². The number of ether oxygens (including phenoxy) is 2. The standard InChI is InChI=1S/C16H29N5O2/c1-5-22-15-13(10-8-7-9-11-18-21-17)19-16(23-6-2)14(20-15)12(3)4/h12-14H,5-11H2,1-4H3. The summed E-state index contributed by atoms with van der Waals surface area (Å²) in [4.78, 5) is 12.3. The van der Waals surface area contributed by atoms with Crippen LogP contribution in [0.3, 0.4) is 0 Å². The molecule has 2 atom stereocenters. The molecule has 7 nitrogen and oxygen atoms in total. The monoisotopic (exact) mass is 323 g/mol. The molecule has 0 aromatic carbocycles. The van der Waals surface area contributed by atoms with Crippen molar-refractivity contribution in [1.29, 1.82) is 0 Å². The third kappa shape index (κ3) is 6.48. The Morgan fingerprint density at radius 1 is 1.09 bits per heavy atom. The van der Waals surface area contributed by atoms with Crippen molar-refractivity contribution < 1.29 is 9.47 Å². The zero-order chi connectivity index (χ0) is 17.1. The largest absolute Gasteiger partial charge is 0.480 e. The smallest absolute Gasteiger partial charge is 0.210 e. The Labute approximate surface area is 138 Å². The molecule has 0 aliphatic carbocycles. The number of unbranched alkanes of at least 4 members (excludes halogenated alkanes) is 2. The Morgan fingerprint density at radius 2 is 1.78 bits per heavy atom. The third-order valence-electron chi connectivity index (χ3n) is 3.60. The second-order valence-electron chi connectivity index (χ2n) is 5.81. The lowest BCUT2D eigenvalue weighted by Crippen LogP contribution is -2.38. The van der Waals surface area contributed by atoms with E-state index in [2.05, 4.69) is 23.9 Å². The first-order valence-corrected chi connectivity index (χ1v) is 8.55. The molecule has 0 saturated carbocycles. The van der Waals surface area contributed by atoms with Crippen molar-refractivity contribution in [2.45, 2.75) is 65.5 Å². The molecule has 0 saturated heterocycles. The lowest BCUT2D eigenvalue weighted by molar-refractivity contribution is 0.273. The van der Waals surface area contributed by atoms with E-state index < -0.39 is 0 Å². The van der Waals surface area contributed by atoms with Crippen molar-refractivity contribution in [2.75, 3.05) is 19.8 Å². The molecule has 1 heterocycles. The lowest BCUT2D eigenvalue weighted by Gasteiger charge is -2.28. The van der Waals surface area contributed by atoms with E-state index in [-0.39, 0.29) is 12.1 Å². The molecule has 0 N–H and O–H groups in total. The normalized spacial score (nSPS) is 20.6. The van der Waals surface area contributed by atoms with Crippen LogP contribution >= 0.6 is 0 Å². The molecule has 2 unspecified atom stereocenters. The average Bonchev–Trinajstić information content (AvgIpc) is 2.52. The van der Waals surface area contributed by atoms with Gasteiger partial charge in [-0.25, -0.2) is 9.98 Å². The molecule has 1 aliphatic heterocycles. The van der Waals surface area contributed by atoms with Crippen LogP contribution in [-0.4, -0.2) is 43.6 Å². The van der Waals surface area contributed by atoms with Gasteiger partial charge in [0.15, 0.2) is 0 Å². The summed E-state index contributed by atoms with van der Waals surface area (Å²) in [5.41, 5.74) is 8.26. The SMILES string of the molecule is CCOC1=NC(C(C)C)C(OCC)=NC1CCCCCN=[N+]=[N-]. The molecule has 23 heavy (non-hydrogen) atoms. The number of nitrogens with zero attached hydrogens (tertiary/aromatic N) is 5. The molecule has 130 valence electrons. The highest BCUT2D eigenvalue weighted by molar-refractivity contribution is 5.94. The van der Waals surface area contributed by atoms with E-state index in [0.29, 0.717) is 25.7 Å². The van der Waals surface area contributed by atoms with Gasteiger partial charge in [0.25, 0.3) is 0 Å². The van der Waals surface area contributed by atoms with E-state index in [0.717, 1.165) is 37.5 Å². The minimum Gasteiger partial charge on any atom is -0.480 e.